The monoisotopic (exact) mass is 230 g/mol. The number of nitrogens with two attached hydrogens (primary N) is 3. The van der Waals surface area contributed by atoms with Gasteiger partial charge in [-0.3, -0.25) is 4.79 Å². The number of carbonyl (C=O) groups excluding carboxylic acids is 1. The van der Waals surface area contributed by atoms with Gasteiger partial charge in [0, 0.05) is 5.56 Å². The van der Waals surface area contributed by atoms with Crippen LogP contribution in [0.1, 0.15) is 10.4 Å². The Morgan fingerprint density at radius 3 is 2.18 bits per heavy atom. The van der Waals surface area contributed by atoms with Gasteiger partial charge < -0.3 is 17.2 Å². The molecule has 7 heteroatoms. The maximum absolute atomic E-state index is 11.3. The van der Waals surface area contributed by atoms with Gasteiger partial charge in [0.1, 0.15) is 0 Å². The minimum atomic E-state index is -0.571. The van der Waals surface area contributed by atoms with Crippen LogP contribution in [0.2, 0.25) is 0 Å². The van der Waals surface area contributed by atoms with Crippen molar-refractivity contribution < 1.29 is 4.79 Å². The summed E-state index contributed by atoms with van der Waals surface area (Å²) in [5, 5.41) is 0. The van der Waals surface area contributed by atoms with E-state index in [4.69, 9.17) is 17.2 Å². The highest BCUT2D eigenvalue weighted by atomic mass is 16.1. The molecular formula is C10H10N6O. The molecule has 0 aliphatic carbocycles. The maximum Gasteiger partial charge on any atom is 0.249 e. The van der Waals surface area contributed by atoms with Gasteiger partial charge in [0.25, 0.3) is 0 Å². The van der Waals surface area contributed by atoms with Gasteiger partial charge in [0.2, 0.25) is 17.8 Å². The van der Waals surface area contributed by atoms with Crippen LogP contribution in [0.15, 0.2) is 24.3 Å². The van der Waals surface area contributed by atoms with Gasteiger partial charge in [-0.2, -0.15) is 15.0 Å². The number of nitrogen functional groups attached to an aromatic ring is 2. The number of carbonyl (C=O) groups is 1. The molecule has 7 nitrogen and oxygen atoms in total. The van der Waals surface area contributed by atoms with Gasteiger partial charge in [-0.15, -0.1) is 0 Å². The molecule has 0 atom stereocenters. The Balaban J connectivity index is 2.64. The number of benzene rings is 1. The molecule has 1 aromatic carbocycles. The summed E-state index contributed by atoms with van der Waals surface area (Å²) >= 11 is 0. The van der Waals surface area contributed by atoms with E-state index in [1.165, 1.54) is 0 Å². The van der Waals surface area contributed by atoms with Crippen LogP contribution in [0, 0.1) is 0 Å². The summed E-state index contributed by atoms with van der Waals surface area (Å²) in [6.45, 7) is 0. The second-order valence-electron chi connectivity index (χ2n) is 3.29. The minimum absolute atomic E-state index is 0.00762. The first kappa shape index (κ1) is 10.8. The molecule has 0 unspecified atom stereocenters. The SMILES string of the molecule is NC(=O)c1ccccc1-c1nc(N)nc(N)n1. The third kappa shape index (κ3) is 2.12. The Morgan fingerprint density at radius 2 is 1.59 bits per heavy atom. The van der Waals surface area contributed by atoms with Gasteiger partial charge in [-0.25, -0.2) is 0 Å². The first-order chi connectivity index (χ1) is 8.08. The average molecular weight is 230 g/mol. The highest BCUT2D eigenvalue weighted by Crippen LogP contribution is 2.20. The fourth-order valence-corrected chi connectivity index (χ4v) is 1.42. The fraction of sp³-hybridized carbons (Fsp3) is 0. The van der Waals surface area contributed by atoms with E-state index in [2.05, 4.69) is 15.0 Å². The van der Waals surface area contributed by atoms with Crippen molar-refractivity contribution >= 4 is 17.8 Å². The van der Waals surface area contributed by atoms with E-state index in [1.54, 1.807) is 24.3 Å². The van der Waals surface area contributed by atoms with Crippen LogP contribution in [0.5, 0.6) is 0 Å². The van der Waals surface area contributed by atoms with Gasteiger partial charge in [0.15, 0.2) is 5.82 Å². The molecule has 0 saturated carbocycles. The van der Waals surface area contributed by atoms with Gasteiger partial charge in [-0.1, -0.05) is 18.2 Å². The molecular weight excluding hydrogens is 220 g/mol. The Morgan fingerprint density at radius 1 is 1.00 bits per heavy atom. The molecule has 86 valence electrons. The first-order valence-electron chi connectivity index (χ1n) is 4.74. The van der Waals surface area contributed by atoms with Crippen molar-refractivity contribution in [2.45, 2.75) is 0 Å². The fourth-order valence-electron chi connectivity index (χ4n) is 1.42. The molecule has 1 heterocycles. The standard InChI is InChI=1S/C10H10N6O/c11-7(17)5-3-1-2-4-6(5)8-14-9(12)16-10(13)15-8/h1-4H,(H2,11,17)(H4,12,13,14,15,16). The summed E-state index contributed by atoms with van der Waals surface area (Å²) in [6.07, 6.45) is 0. The molecule has 2 rings (SSSR count). The topological polar surface area (TPSA) is 134 Å². The second-order valence-corrected chi connectivity index (χ2v) is 3.29. The van der Waals surface area contributed by atoms with Crippen molar-refractivity contribution in [3.8, 4) is 11.4 Å². The van der Waals surface area contributed by atoms with Crippen LogP contribution in [0.4, 0.5) is 11.9 Å². The van der Waals surface area contributed by atoms with Crippen molar-refractivity contribution in [2.75, 3.05) is 11.5 Å². The molecule has 1 aromatic heterocycles. The largest absolute Gasteiger partial charge is 0.368 e. The van der Waals surface area contributed by atoms with Gasteiger partial charge in [-0.05, 0) is 6.07 Å². The lowest BCUT2D eigenvalue weighted by molar-refractivity contribution is 0.100. The highest BCUT2D eigenvalue weighted by molar-refractivity contribution is 5.99. The molecule has 0 fully saturated rings. The zero-order valence-corrected chi connectivity index (χ0v) is 8.79. The Bertz CT molecular complexity index is 563. The number of rotatable bonds is 2. The zero-order valence-electron chi connectivity index (χ0n) is 8.79. The molecule has 6 N–H and O–H groups in total. The van der Waals surface area contributed by atoms with Crippen molar-refractivity contribution in [1.82, 2.24) is 15.0 Å². The third-order valence-corrected chi connectivity index (χ3v) is 2.10. The molecule has 1 amide bonds. The van der Waals surface area contributed by atoms with E-state index in [9.17, 15) is 4.79 Å². The molecule has 0 spiro atoms. The van der Waals surface area contributed by atoms with Crippen LogP contribution in [0.25, 0.3) is 11.4 Å². The maximum atomic E-state index is 11.3. The molecule has 17 heavy (non-hydrogen) atoms. The number of amides is 1. The van der Waals surface area contributed by atoms with Crippen LogP contribution < -0.4 is 17.2 Å². The van der Waals surface area contributed by atoms with Crippen molar-refractivity contribution in [2.24, 2.45) is 5.73 Å². The summed E-state index contributed by atoms with van der Waals surface area (Å²) in [5.74, 6) is -0.360. The minimum Gasteiger partial charge on any atom is -0.368 e. The molecule has 0 radical (unpaired) electrons. The zero-order chi connectivity index (χ0) is 12.4. The number of hydrogen-bond acceptors (Lipinski definition) is 6. The Kier molecular flexibility index (Phi) is 2.57. The lowest BCUT2D eigenvalue weighted by Gasteiger charge is -2.05. The predicted molar refractivity (Wildman–Crippen MR) is 62.6 cm³/mol. The number of anilines is 2. The number of nitrogens with zero attached hydrogens (tertiary/aromatic N) is 3. The molecule has 0 aliphatic rings. The summed E-state index contributed by atoms with van der Waals surface area (Å²) in [7, 11) is 0. The summed E-state index contributed by atoms with van der Waals surface area (Å²) in [5.41, 5.74) is 17.0. The first-order valence-corrected chi connectivity index (χ1v) is 4.74. The lowest BCUT2D eigenvalue weighted by Crippen LogP contribution is -2.13. The molecule has 2 aromatic rings. The van der Waals surface area contributed by atoms with Crippen molar-refractivity contribution in [3.05, 3.63) is 29.8 Å². The molecule has 0 bridgehead atoms. The van der Waals surface area contributed by atoms with E-state index < -0.39 is 5.91 Å². The van der Waals surface area contributed by atoms with Gasteiger partial charge in [0.05, 0.1) is 5.56 Å². The third-order valence-electron chi connectivity index (χ3n) is 2.10. The summed E-state index contributed by atoms with van der Waals surface area (Å²) in [6, 6.07) is 6.66. The van der Waals surface area contributed by atoms with Crippen LogP contribution in [0.3, 0.4) is 0 Å². The van der Waals surface area contributed by atoms with Crippen LogP contribution in [-0.2, 0) is 0 Å². The van der Waals surface area contributed by atoms with E-state index in [1.807, 2.05) is 0 Å². The van der Waals surface area contributed by atoms with Crippen molar-refractivity contribution in [1.29, 1.82) is 0 Å². The van der Waals surface area contributed by atoms with E-state index in [-0.39, 0.29) is 17.7 Å². The second kappa shape index (κ2) is 4.05. The van der Waals surface area contributed by atoms with Crippen molar-refractivity contribution in [3.63, 3.8) is 0 Å². The Labute approximate surface area is 96.7 Å². The molecule has 0 aliphatic heterocycles. The highest BCUT2D eigenvalue weighted by Gasteiger charge is 2.12. The number of aromatic nitrogens is 3. The lowest BCUT2D eigenvalue weighted by atomic mass is 10.1. The van der Waals surface area contributed by atoms with Gasteiger partial charge >= 0.3 is 0 Å². The summed E-state index contributed by atoms with van der Waals surface area (Å²) in [4.78, 5) is 22.7. The van der Waals surface area contributed by atoms with E-state index >= 15 is 0 Å². The quantitative estimate of drug-likeness (QED) is 0.654. The smallest absolute Gasteiger partial charge is 0.249 e. The summed E-state index contributed by atoms with van der Waals surface area (Å²) < 4.78 is 0. The number of hydrogen-bond donors (Lipinski definition) is 3. The van der Waals surface area contributed by atoms with E-state index in [0.29, 0.717) is 11.1 Å². The van der Waals surface area contributed by atoms with Crippen LogP contribution >= 0.6 is 0 Å². The normalized spacial score (nSPS) is 10.1. The Hall–Kier alpha value is -2.70. The predicted octanol–water partition coefficient (Wildman–Crippen LogP) is -0.198. The average Bonchev–Trinajstić information content (AvgIpc) is 2.27. The number of primary amides is 1. The van der Waals surface area contributed by atoms with E-state index in [0.717, 1.165) is 0 Å². The molecule has 0 saturated heterocycles. The van der Waals surface area contributed by atoms with Crippen LogP contribution in [-0.4, -0.2) is 20.9 Å².